The van der Waals surface area contributed by atoms with Crippen LogP contribution in [0.25, 0.3) is 0 Å². The molecule has 3 N–H and O–H groups in total. The Morgan fingerprint density at radius 2 is 2.00 bits per heavy atom. The van der Waals surface area contributed by atoms with Gasteiger partial charge in [0.05, 0.1) is 17.9 Å². The molecular formula is C12H15N3O4. The average molecular weight is 265 g/mol. The molecule has 0 saturated heterocycles. The lowest BCUT2D eigenvalue weighted by Gasteiger charge is -2.15. The maximum absolute atomic E-state index is 11.7. The van der Waals surface area contributed by atoms with Gasteiger partial charge in [0.1, 0.15) is 0 Å². The molecule has 102 valence electrons. The largest absolute Gasteiger partial charge is 0.454 e. The van der Waals surface area contributed by atoms with E-state index in [2.05, 4.69) is 5.32 Å². The number of rotatable bonds is 3. The number of nitrogens with two attached hydrogens (primary N) is 1. The van der Waals surface area contributed by atoms with Gasteiger partial charge in [-0.2, -0.15) is 0 Å². The molecule has 1 aromatic rings. The zero-order valence-corrected chi connectivity index (χ0v) is 10.7. The van der Waals surface area contributed by atoms with Gasteiger partial charge in [0, 0.05) is 26.1 Å². The lowest BCUT2D eigenvalue weighted by Crippen LogP contribution is -2.33. The van der Waals surface area contributed by atoms with E-state index in [0.29, 0.717) is 22.9 Å². The van der Waals surface area contributed by atoms with E-state index >= 15 is 0 Å². The van der Waals surface area contributed by atoms with E-state index in [1.807, 2.05) is 0 Å². The fraction of sp³-hybridized carbons (Fsp3) is 0.333. The number of nitrogen functional groups attached to an aromatic ring is 1. The van der Waals surface area contributed by atoms with Gasteiger partial charge in [0.2, 0.25) is 18.6 Å². The van der Waals surface area contributed by atoms with Crippen LogP contribution in [-0.4, -0.2) is 37.1 Å². The van der Waals surface area contributed by atoms with Crippen molar-refractivity contribution >= 4 is 23.2 Å². The third kappa shape index (κ3) is 2.87. The molecule has 19 heavy (non-hydrogen) atoms. The molecule has 0 bridgehead atoms. The Kier molecular flexibility index (Phi) is 3.46. The molecule has 2 rings (SSSR count). The topological polar surface area (TPSA) is 93.9 Å². The summed E-state index contributed by atoms with van der Waals surface area (Å²) in [6.45, 7) is 1.49. The van der Waals surface area contributed by atoms with E-state index in [0.717, 1.165) is 0 Å². The maximum atomic E-state index is 11.7. The van der Waals surface area contributed by atoms with Crippen molar-refractivity contribution in [1.82, 2.24) is 4.90 Å². The monoisotopic (exact) mass is 265 g/mol. The molecule has 7 heteroatoms. The number of carbonyl (C=O) groups is 2. The second-order valence-electron chi connectivity index (χ2n) is 4.22. The van der Waals surface area contributed by atoms with Gasteiger partial charge in [-0.05, 0) is 0 Å². The van der Waals surface area contributed by atoms with Crippen LogP contribution in [0.2, 0.25) is 0 Å². The molecule has 0 unspecified atom stereocenters. The number of anilines is 2. The number of nitrogens with zero attached hydrogens (tertiary/aromatic N) is 1. The fourth-order valence-electron chi connectivity index (χ4n) is 1.58. The van der Waals surface area contributed by atoms with E-state index in [-0.39, 0.29) is 25.2 Å². The lowest BCUT2D eigenvalue weighted by molar-refractivity contribution is -0.131. The Morgan fingerprint density at radius 3 is 2.63 bits per heavy atom. The minimum atomic E-state index is -0.330. The minimum Gasteiger partial charge on any atom is -0.454 e. The molecular weight excluding hydrogens is 250 g/mol. The first-order valence-corrected chi connectivity index (χ1v) is 5.68. The number of benzene rings is 1. The molecule has 7 nitrogen and oxygen atoms in total. The van der Waals surface area contributed by atoms with E-state index in [4.69, 9.17) is 15.2 Å². The number of hydrogen-bond donors (Lipinski definition) is 2. The van der Waals surface area contributed by atoms with Crippen molar-refractivity contribution < 1.29 is 19.1 Å². The summed E-state index contributed by atoms with van der Waals surface area (Å²) in [5.74, 6) is 0.567. The Bertz CT molecular complexity index is 530. The molecule has 0 aromatic heterocycles. The molecule has 1 aliphatic heterocycles. The smallest absolute Gasteiger partial charge is 0.244 e. The summed E-state index contributed by atoms with van der Waals surface area (Å²) in [6, 6.07) is 3.19. The molecule has 2 amide bonds. The van der Waals surface area contributed by atoms with Crippen LogP contribution in [0.15, 0.2) is 12.1 Å². The molecule has 1 heterocycles. The van der Waals surface area contributed by atoms with Crippen molar-refractivity contribution in [1.29, 1.82) is 0 Å². The van der Waals surface area contributed by atoms with Crippen LogP contribution in [0.4, 0.5) is 11.4 Å². The van der Waals surface area contributed by atoms with E-state index in [9.17, 15) is 9.59 Å². The van der Waals surface area contributed by atoms with Gasteiger partial charge >= 0.3 is 0 Å². The van der Waals surface area contributed by atoms with Gasteiger partial charge in [-0.15, -0.1) is 0 Å². The predicted octanol–water partition coefficient (Wildman–Crippen LogP) is 0.414. The summed E-state index contributed by atoms with van der Waals surface area (Å²) < 4.78 is 10.4. The number of carbonyl (C=O) groups excluding carboxylic acids is 2. The third-order valence-electron chi connectivity index (χ3n) is 2.74. The molecule has 1 aliphatic rings. The highest BCUT2D eigenvalue weighted by Gasteiger charge is 2.17. The van der Waals surface area contributed by atoms with Crippen LogP contribution >= 0.6 is 0 Å². The third-order valence-corrected chi connectivity index (χ3v) is 2.74. The molecule has 0 fully saturated rings. The van der Waals surface area contributed by atoms with Crippen molar-refractivity contribution in [2.24, 2.45) is 0 Å². The number of nitrogens with one attached hydrogen (secondary N) is 1. The normalized spacial score (nSPS) is 12.1. The fourth-order valence-corrected chi connectivity index (χ4v) is 1.58. The lowest BCUT2D eigenvalue weighted by atomic mass is 10.2. The highest BCUT2D eigenvalue weighted by Crippen LogP contribution is 2.38. The Morgan fingerprint density at radius 1 is 1.37 bits per heavy atom. The molecule has 0 aliphatic carbocycles. The van der Waals surface area contributed by atoms with E-state index in [1.54, 1.807) is 19.2 Å². The quantitative estimate of drug-likeness (QED) is 0.772. The first kappa shape index (κ1) is 13.0. The number of fused-ring (bicyclic) bond motifs is 1. The van der Waals surface area contributed by atoms with Crippen molar-refractivity contribution in [3.05, 3.63) is 12.1 Å². The predicted molar refractivity (Wildman–Crippen MR) is 68.9 cm³/mol. The van der Waals surface area contributed by atoms with Crippen LogP contribution < -0.4 is 20.5 Å². The zero-order valence-electron chi connectivity index (χ0n) is 10.7. The Hall–Kier alpha value is -2.44. The SMILES string of the molecule is CC(=O)N(C)CC(=O)Nc1cc2c(cc1N)OCO2. The van der Waals surface area contributed by atoms with Crippen molar-refractivity contribution in [2.45, 2.75) is 6.92 Å². The van der Waals surface area contributed by atoms with Gasteiger partial charge in [-0.1, -0.05) is 0 Å². The van der Waals surface area contributed by atoms with Gasteiger partial charge < -0.3 is 25.4 Å². The minimum absolute atomic E-state index is 0.0385. The van der Waals surface area contributed by atoms with Crippen LogP contribution in [-0.2, 0) is 9.59 Å². The zero-order chi connectivity index (χ0) is 14.0. The maximum Gasteiger partial charge on any atom is 0.244 e. The molecule has 0 radical (unpaired) electrons. The summed E-state index contributed by atoms with van der Waals surface area (Å²) in [4.78, 5) is 24.1. The van der Waals surface area contributed by atoms with Crippen LogP contribution in [0.5, 0.6) is 11.5 Å². The average Bonchev–Trinajstić information content (AvgIpc) is 2.76. The summed E-state index contributed by atoms with van der Waals surface area (Å²) in [5, 5.41) is 2.63. The molecule has 0 atom stereocenters. The Labute approximate surface area is 110 Å². The van der Waals surface area contributed by atoms with Gasteiger partial charge in [0.25, 0.3) is 0 Å². The van der Waals surface area contributed by atoms with Crippen LogP contribution in [0.3, 0.4) is 0 Å². The second-order valence-corrected chi connectivity index (χ2v) is 4.22. The number of amides is 2. The second kappa shape index (κ2) is 5.05. The summed E-state index contributed by atoms with van der Waals surface area (Å²) >= 11 is 0. The summed E-state index contributed by atoms with van der Waals surface area (Å²) in [7, 11) is 1.55. The van der Waals surface area contributed by atoms with Crippen molar-refractivity contribution in [3.8, 4) is 11.5 Å². The highest BCUT2D eigenvalue weighted by molar-refractivity contribution is 5.97. The highest BCUT2D eigenvalue weighted by atomic mass is 16.7. The number of hydrogen-bond acceptors (Lipinski definition) is 5. The first-order valence-electron chi connectivity index (χ1n) is 5.68. The van der Waals surface area contributed by atoms with Crippen LogP contribution in [0.1, 0.15) is 6.92 Å². The standard InChI is InChI=1S/C12H15N3O4/c1-7(16)15(2)5-12(17)14-9-4-11-10(3-8(9)13)18-6-19-11/h3-4H,5-6,13H2,1-2H3,(H,14,17). The van der Waals surface area contributed by atoms with Gasteiger partial charge in [-0.3, -0.25) is 9.59 Å². The van der Waals surface area contributed by atoms with E-state index in [1.165, 1.54) is 11.8 Å². The van der Waals surface area contributed by atoms with Crippen molar-refractivity contribution in [2.75, 3.05) is 31.4 Å². The Balaban J connectivity index is 2.07. The van der Waals surface area contributed by atoms with Crippen LogP contribution in [0, 0.1) is 0 Å². The molecule has 0 spiro atoms. The molecule has 1 aromatic carbocycles. The summed E-state index contributed by atoms with van der Waals surface area (Å²) in [5.41, 5.74) is 6.62. The van der Waals surface area contributed by atoms with E-state index < -0.39 is 0 Å². The van der Waals surface area contributed by atoms with Crippen molar-refractivity contribution in [3.63, 3.8) is 0 Å². The van der Waals surface area contributed by atoms with Gasteiger partial charge in [0.15, 0.2) is 11.5 Å². The van der Waals surface area contributed by atoms with Gasteiger partial charge in [-0.25, -0.2) is 0 Å². The number of ether oxygens (including phenoxy) is 2. The number of likely N-dealkylation sites (N-methyl/N-ethyl adjacent to an activating group) is 1. The molecule has 0 saturated carbocycles. The first-order chi connectivity index (χ1) is 8.97. The summed E-state index contributed by atoms with van der Waals surface area (Å²) in [6.07, 6.45) is 0.